The monoisotopic (exact) mass is 368 g/mol. The van der Waals surface area contributed by atoms with E-state index in [9.17, 15) is 4.79 Å². The molecule has 3 N–H and O–H groups in total. The van der Waals surface area contributed by atoms with Crippen LogP contribution in [0.1, 0.15) is 40.0 Å². The number of aromatic amines is 1. The number of carbonyl (C=O) groups is 1. The number of H-pyrrole nitrogens is 1. The van der Waals surface area contributed by atoms with E-state index in [2.05, 4.69) is 45.2 Å². The molecule has 3 aromatic rings. The Morgan fingerprint density at radius 2 is 2.00 bits per heavy atom. The van der Waals surface area contributed by atoms with Crippen LogP contribution in [0, 0.1) is 6.92 Å². The summed E-state index contributed by atoms with van der Waals surface area (Å²) >= 11 is 3.56. The molecule has 0 saturated heterocycles. The van der Waals surface area contributed by atoms with Crippen molar-refractivity contribution in [1.29, 1.82) is 0 Å². The summed E-state index contributed by atoms with van der Waals surface area (Å²) in [5.74, 6) is -0.381. The number of amides is 1. The van der Waals surface area contributed by atoms with Crippen LogP contribution in [0.4, 0.5) is 0 Å². The molecule has 0 aliphatic heterocycles. The fourth-order valence-electron chi connectivity index (χ4n) is 3.44. The Hall–Kier alpha value is -2.07. The molecule has 2 aromatic carbocycles. The summed E-state index contributed by atoms with van der Waals surface area (Å²) in [5, 5.41) is 1.13. The van der Waals surface area contributed by atoms with E-state index in [1.165, 1.54) is 11.3 Å². The lowest BCUT2D eigenvalue weighted by Gasteiger charge is -2.14. The van der Waals surface area contributed by atoms with Gasteiger partial charge in [0.05, 0.1) is 0 Å². The van der Waals surface area contributed by atoms with Crippen molar-refractivity contribution < 1.29 is 4.79 Å². The summed E-state index contributed by atoms with van der Waals surface area (Å²) < 4.78 is 1.10. The molecule has 4 rings (SSSR count). The first-order chi connectivity index (χ1) is 11.0. The molecule has 1 aromatic heterocycles. The third-order valence-electron chi connectivity index (χ3n) is 4.87. The van der Waals surface area contributed by atoms with Crippen molar-refractivity contribution in [3.05, 3.63) is 69.3 Å². The van der Waals surface area contributed by atoms with Crippen LogP contribution in [0.2, 0.25) is 0 Å². The van der Waals surface area contributed by atoms with Gasteiger partial charge in [-0.15, -0.1) is 0 Å². The van der Waals surface area contributed by atoms with E-state index < -0.39 is 0 Å². The van der Waals surface area contributed by atoms with Crippen LogP contribution in [0.3, 0.4) is 0 Å². The van der Waals surface area contributed by atoms with Gasteiger partial charge in [-0.2, -0.15) is 0 Å². The molecule has 1 saturated carbocycles. The number of nitrogens with one attached hydrogen (secondary N) is 1. The Labute approximate surface area is 143 Å². The molecule has 0 spiro atoms. The number of primary amides is 1. The summed E-state index contributed by atoms with van der Waals surface area (Å²) in [4.78, 5) is 15.1. The maximum absolute atomic E-state index is 11.5. The zero-order valence-corrected chi connectivity index (χ0v) is 14.4. The van der Waals surface area contributed by atoms with Gasteiger partial charge >= 0.3 is 0 Å². The van der Waals surface area contributed by atoms with Crippen LogP contribution in [0.25, 0.3) is 10.9 Å². The average molecular weight is 369 g/mol. The Morgan fingerprint density at radius 3 is 2.65 bits per heavy atom. The second-order valence-corrected chi connectivity index (χ2v) is 7.31. The minimum absolute atomic E-state index is 0.0730. The van der Waals surface area contributed by atoms with E-state index in [0.717, 1.165) is 33.8 Å². The molecule has 0 atom stereocenters. The van der Waals surface area contributed by atoms with Gasteiger partial charge in [-0.3, -0.25) is 4.79 Å². The maximum atomic E-state index is 11.5. The number of halogens is 1. The highest BCUT2D eigenvalue weighted by Crippen LogP contribution is 2.53. The van der Waals surface area contributed by atoms with Crippen LogP contribution < -0.4 is 5.73 Å². The molecule has 116 valence electrons. The van der Waals surface area contributed by atoms with Gasteiger partial charge in [-0.1, -0.05) is 28.1 Å². The van der Waals surface area contributed by atoms with Gasteiger partial charge in [0.25, 0.3) is 0 Å². The van der Waals surface area contributed by atoms with Crippen molar-refractivity contribution in [2.75, 3.05) is 0 Å². The smallest absolute Gasteiger partial charge is 0.249 e. The summed E-state index contributed by atoms with van der Waals surface area (Å²) in [6, 6.07) is 14.6. The maximum Gasteiger partial charge on any atom is 0.249 e. The van der Waals surface area contributed by atoms with E-state index in [0.29, 0.717) is 5.56 Å². The zero-order valence-electron chi connectivity index (χ0n) is 12.8. The minimum atomic E-state index is -0.381. The van der Waals surface area contributed by atoms with Crippen LogP contribution >= 0.6 is 15.9 Å². The zero-order chi connectivity index (χ0) is 16.2. The number of aryl methyl sites for hydroxylation is 1. The summed E-state index contributed by atoms with van der Waals surface area (Å²) in [6.45, 7) is 1.92. The molecule has 0 radical (unpaired) electrons. The van der Waals surface area contributed by atoms with Gasteiger partial charge in [0, 0.05) is 26.7 Å². The van der Waals surface area contributed by atoms with Crippen LogP contribution in [-0.2, 0) is 5.41 Å². The molecule has 1 aliphatic carbocycles. The van der Waals surface area contributed by atoms with E-state index >= 15 is 0 Å². The highest BCUT2D eigenvalue weighted by Gasteiger charge is 2.47. The van der Waals surface area contributed by atoms with Crippen molar-refractivity contribution >= 4 is 32.7 Å². The predicted octanol–water partition coefficient (Wildman–Crippen LogP) is 4.42. The lowest BCUT2D eigenvalue weighted by molar-refractivity contribution is 0.1000. The Kier molecular flexibility index (Phi) is 3.13. The molecule has 1 fully saturated rings. The standard InChI is InChI=1S/C19H17BrN2O/c1-11-7-12-8-17(22-16(12)10-15(11)18(21)23)19(5-6-19)13-3-2-4-14(20)9-13/h2-4,7-10,22H,5-6H2,1H3,(H2,21,23). The normalized spacial score (nSPS) is 15.7. The van der Waals surface area contributed by atoms with Crippen molar-refractivity contribution in [2.45, 2.75) is 25.2 Å². The van der Waals surface area contributed by atoms with Gasteiger partial charge in [0.2, 0.25) is 5.91 Å². The van der Waals surface area contributed by atoms with E-state index in [-0.39, 0.29) is 11.3 Å². The lowest BCUT2D eigenvalue weighted by atomic mass is 9.92. The largest absolute Gasteiger partial charge is 0.366 e. The van der Waals surface area contributed by atoms with E-state index in [4.69, 9.17) is 5.73 Å². The van der Waals surface area contributed by atoms with Crippen LogP contribution in [0.15, 0.2) is 46.9 Å². The first-order valence-corrected chi connectivity index (χ1v) is 8.49. The topological polar surface area (TPSA) is 58.9 Å². The minimum Gasteiger partial charge on any atom is -0.366 e. The number of rotatable bonds is 3. The molecule has 1 heterocycles. The SMILES string of the molecule is Cc1cc2cc(C3(c4cccc(Br)c4)CC3)[nH]c2cc1C(N)=O. The molecule has 0 unspecified atom stereocenters. The molecule has 1 amide bonds. The highest BCUT2D eigenvalue weighted by atomic mass is 79.9. The number of hydrogen-bond acceptors (Lipinski definition) is 1. The van der Waals surface area contributed by atoms with E-state index in [1.807, 2.05) is 25.1 Å². The summed E-state index contributed by atoms with van der Waals surface area (Å²) in [7, 11) is 0. The Bertz CT molecular complexity index is 938. The molecule has 23 heavy (non-hydrogen) atoms. The number of fused-ring (bicyclic) bond motifs is 1. The van der Waals surface area contributed by atoms with Gasteiger partial charge in [0.1, 0.15) is 0 Å². The van der Waals surface area contributed by atoms with Crippen molar-refractivity contribution in [3.63, 3.8) is 0 Å². The lowest BCUT2D eigenvalue weighted by Crippen LogP contribution is -2.12. The first-order valence-electron chi connectivity index (χ1n) is 7.69. The summed E-state index contributed by atoms with van der Waals surface area (Å²) in [6.07, 6.45) is 2.27. The molecule has 0 bridgehead atoms. The fraction of sp³-hybridized carbons (Fsp3) is 0.211. The number of hydrogen-bond donors (Lipinski definition) is 2. The van der Waals surface area contributed by atoms with Crippen molar-refractivity contribution in [2.24, 2.45) is 5.73 Å². The molecule has 3 nitrogen and oxygen atoms in total. The number of nitrogens with two attached hydrogens (primary N) is 1. The Balaban J connectivity index is 1.85. The molecular weight excluding hydrogens is 352 g/mol. The second kappa shape index (κ2) is 4.96. The second-order valence-electron chi connectivity index (χ2n) is 6.39. The van der Waals surface area contributed by atoms with Gasteiger partial charge in [0.15, 0.2) is 0 Å². The molecule has 4 heteroatoms. The summed E-state index contributed by atoms with van der Waals surface area (Å²) in [5.41, 5.74) is 10.5. The molecular formula is C19H17BrN2O. The Morgan fingerprint density at radius 1 is 1.22 bits per heavy atom. The average Bonchev–Trinajstić information content (AvgIpc) is 3.21. The van der Waals surface area contributed by atoms with Gasteiger partial charge in [-0.05, 0) is 66.6 Å². The first kappa shape index (κ1) is 14.5. The number of aromatic nitrogens is 1. The van der Waals surface area contributed by atoms with Crippen molar-refractivity contribution in [3.8, 4) is 0 Å². The van der Waals surface area contributed by atoms with Gasteiger partial charge in [-0.25, -0.2) is 0 Å². The predicted molar refractivity (Wildman–Crippen MR) is 95.7 cm³/mol. The quantitative estimate of drug-likeness (QED) is 0.706. The third kappa shape index (κ3) is 2.29. The fourth-order valence-corrected chi connectivity index (χ4v) is 3.84. The van der Waals surface area contributed by atoms with Crippen molar-refractivity contribution in [1.82, 2.24) is 4.98 Å². The third-order valence-corrected chi connectivity index (χ3v) is 5.37. The van der Waals surface area contributed by atoms with Crippen LogP contribution in [0.5, 0.6) is 0 Å². The number of benzene rings is 2. The van der Waals surface area contributed by atoms with E-state index in [1.54, 1.807) is 0 Å². The molecule has 1 aliphatic rings. The number of carbonyl (C=O) groups excluding carboxylic acids is 1. The van der Waals surface area contributed by atoms with Gasteiger partial charge < -0.3 is 10.7 Å². The van der Waals surface area contributed by atoms with Crippen LogP contribution in [-0.4, -0.2) is 10.9 Å². The highest BCUT2D eigenvalue weighted by molar-refractivity contribution is 9.10.